The first-order valence-corrected chi connectivity index (χ1v) is 7.54. The Kier molecular flexibility index (Phi) is 5.41. The van der Waals surface area contributed by atoms with Gasteiger partial charge in [-0.15, -0.1) is 0 Å². The quantitative estimate of drug-likeness (QED) is 0.753. The summed E-state index contributed by atoms with van der Waals surface area (Å²) in [6, 6.07) is 8.14. The molecule has 0 aliphatic heterocycles. The lowest BCUT2D eigenvalue weighted by Gasteiger charge is -2.12. The van der Waals surface area contributed by atoms with Gasteiger partial charge in [-0.2, -0.15) is 0 Å². The Morgan fingerprint density at radius 1 is 1.30 bits per heavy atom. The summed E-state index contributed by atoms with van der Waals surface area (Å²) >= 11 is 0. The number of nitrogens with one attached hydrogen (secondary N) is 1. The van der Waals surface area contributed by atoms with Crippen molar-refractivity contribution in [3.05, 3.63) is 34.8 Å². The summed E-state index contributed by atoms with van der Waals surface area (Å²) in [5.74, 6) is -0.247. The normalized spacial score (nSPS) is 12.9. The van der Waals surface area contributed by atoms with Gasteiger partial charge >= 0.3 is 5.76 Å². The molecule has 0 spiro atoms. The molecule has 2 aromatic rings. The lowest BCUT2D eigenvalue weighted by Crippen LogP contribution is -2.26. The summed E-state index contributed by atoms with van der Waals surface area (Å²) < 4.78 is 6.96. The molecule has 110 valence electrons. The van der Waals surface area contributed by atoms with Crippen LogP contribution in [-0.2, 0) is 6.54 Å². The molecule has 0 saturated heterocycles. The maximum Gasteiger partial charge on any atom is 0.419 e. The Labute approximate surface area is 119 Å². The second-order valence-corrected chi connectivity index (χ2v) is 5.34. The smallest absolute Gasteiger partial charge is 0.408 e. The van der Waals surface area contributed by atoms with Crippen LogP contribution in [-0.4, -0.2) is 17.2 Å². The Bertz CT molecular complexity index is 585. The zero-order chi connectivity index (χ0) is 14.4. The van der Waals surface area contributed by atoms with Crippen molar-refractivity contribution in [3.63, 3.8) is 0 Å². The molecule has 0 aliphatic rings. The van der Waals surface area contributed by atoms with E-state index in [1.807, 2.05) is 24.3 Å². The van der Waals surface area contributed by atoms with Gasteiger partial charge in [0.2, 0.25) is 0 Å². The zero-order valence-electron chi connectivity index (χ0n) is 12.4. The van der Waals surface area contributed by atoms with Gasteiger partial charge in [0, 0.05) is 12.6 Å². The predicted molar refractivity (Wildman–Crippen MR) is 82.1 cm³/mol. The van der Waals surface area contributed by atoms with E-state index in [1.165, 1.54) is 6.42 Å². The summed E-state index contributed by atoms with van der Waals surface area (Å²) in [6.45, 7) is 6.20. The van der Waals surface area contributed by atoms with Crippen LogP contribution in [0.25, 0.3) is 11.1 Å². The molecule has 1 aromatic carbocycles. The summed E-state index contributed by atoms with van der Waals surface area (Å²) in [5, 5.41) is 3.48. The van der Waals surface area contributed by atoms with Crippen molar-refractivity contribution in [2.75, 3.05) is 6.54 Å². The van der Waals surface area contributed by atoms with Gasteiger partial charge < -0.3 is 9.73 Å². The minimum atomic E-state index is -0.247. The number of nitrogens with zero attached hydrogens (tertiary/aromatic N) is 1. The van der Waals surface area contributed by atoms with Crippen LogP contribution >= 0.6 is 0 Å². The molecule has 1 atom stereocenters. The van der Waals surface area contributed by atoms with E-state index in [4.69, 9.17) is 4.42 Å². The van der Waals surface area contributed by atoms with E-state index >= 15 is 0 Å². The average molecular weight is 276 g/mol. The number of hydrogen-bond acceptors (Lipinski definition) is 3. The van der Waals surface area contributed by atoms with Crippen molar-refractivity contribution in [1.29, 1.82) is 0 Å². The fourth-order valence-electron chi connectivity index (χ4n) is 2.44. The van der Waals surface area contributed by atoms with Crippen molar-refractivity contribution >= 4 is 11.1 Å². The number of benzene rings is 1. The first kappa shape index (κ1) is 14.9. The fourth-order valence-corrected chi connectivity index (χ4v) is 2.44. The van der Waals surface area contributed by atoms with E-state index in [1.54, 1.807) is 4.57 Å². The van der Waals surface area contributed by atoms with Crippen LogP contribution in [0.3, 0.4) is 0 Å². The number of oxazole rings is 1. The fraction of sp³-hybridized carbons (Fsp3) is 0.562. The molecule has 20 heavy (non-hydrogen) atoms. The van der Waals surface area contributed by atoms with Gasteiger partial charge in [-0.05, 0) is 44.9 Å². The van der Waals surface area contributed by atoms with Gasteiger partial charge in [0.05, 0.1) is 5.52 Å². The molecule has 1 aromatic heterocycles. The summed E-state index contributed by atoms with van der Waals surface area (Å²) in [4.78, 5) is 11.8. The second-order valence-electron chi connectivity index (χ2n) is 5.34. The van der Waals surface area contributed by atoms with Gasteiger partial charge in [-0.25, -0.2) is 4.79 Å². The summed E-state index contributed by atoms with van der Waals surface area (Å²) in [5.41, 5.74) is 1.57. The molecule has 0 saturated carbocycles. The SMILES string of the molecule is CCCNC(C)CCCCn1c(=O)oc2ccccc21. The first-order valence-electron chi connectivity index (χ1n) is 7.54. The number of fused-ring (bicyclic) bond motifs is 1. The van der Waals surface area contributed by atoms with Gasteiger partial charge in [0.1, 0.15) is 0 Å². The Hall–Kier alpha value is -1.55. The Morgan fingerprint density at radius 2 is 2.10 bits per heavy atom. The third-order valence-electron chi connectivity index (χ3n) is 3.59. The molecule has 1 heterocycles. The van der Waals surface area contributed by atoms with E-state index in [0.29, 0.717) is 11.6 Å². The predicted octanol–water partition coefficient (Wildman–Crippen LogP) is 3.15. The van der Waals surface area contributed by atoms with Crippen LogP contribution in [0.2, 0.25) is 0 Å². The van der Waals surface area contributed by atoms with Crippen LogP contribution in [0.5, 0.6) is 0 Å². The topological polar surface area (TPSA) is 47.2 Å². The Balaban J connectivity index is 1.84. The Morgan fingerprint density at radius 3 is 2.90 bits per heavy atom. The van der Waals surface area contributed by atoms with Crippen molar-refractivity contribution in [2.45, 2.75) is 52.1 Å². The van der Waals surface area contributed by atoms with Crippen LogP contribution in [0.1, 0.15) is 39.5 Å². The lowest BCUT2D eigenvalue weighted by atomic mass is 10.1. The minimum Gasteiger partial charge on any atom is -0.408 e. The van der Waals surface area contributed by atoms with E-state index in [0.717, 1.165) is 37.9 Å². The monoisotopic (exact) mass is 276 g/mol. The number of hydrogen-bond donors (Lipinski definition) is 1. The van der Waals surface area contributed by atoms with Crippen molar-refractivity contribution in [2.24, 2.45) is 0 Å². The van der Waals surface area contributed by atoms with Gasteiger partial charge in [-0.3, -0.25) is 4.57 Å². The molecule has 1 unspecified atom stereocenters. The minimum absolute atomic E-state index is 0.247. The molecule has 1 N–H and O–H groups in total. The van der Waals surface area contributed by atoms with E-state index in [2.05, 4.69) is 19.2 Å². The summed E-state index contributed by atoms with van der Waals surface area (Å²) in [6.07, 6.45) is 4.43. The van der Waals surface area contributed by atoms with Crippen LogP contribution in [0.15, 0.2) is 33.5 Å². The standard InChI is InChI=1S/C16H24N2O2/c1-3-11-17-13(2)8-6-7-12-18-14-9-4-5-10-15(14)20-16(18)19/h4-5,9-10,13,17H,3,6-8,11-12H2,1-2H3. The van der Waals surface area contributed by atoms with Gasteiger partial charge in [0.15, 0.2) is 5.58 Å². The molecular formula is C16H24N2O2. The maximum atomic E-state index is 11.8. The van der Waals surface area contributed by atoms with E-state index in [-0.39, 0.29) is 5.76 Å². The van der Waals surface area contributed by atoms with E-state index in [9.17, 15) is 4.79 Å². The van der Waals surface area contributed by atoms with Crippen molar-refractivity contribution < 1.29 is 4.42 Å². The first-order chi connectivity index (χ1) is 9.72. The average Bonchev–Trinajstić information content (AvgIpc) is 2.77. The molecule has 0 fully saturated rings. The number of aromatic nitrogens is 1. The third-order valence-corrected chi connectivity index (χ3v) is 3.59. The van der Waals surface area contributed by atoms with Crippen molar-refractivity contribution in [3.8, 4) is 0 Å². The van der Waals surface area contributed by atoms with Crippen LogP contribution in [0.4, 0.5) is 0 Å². The summed E-state index contributed by atoms with van der Waals surface area (Å²) in [7, 11) is 0. The lowest BCUT2D eigenvalue weighted by molar-refractivity contribution is 0.458. The zero-order valence-corrected chi connectivity index (χ0v) is 12.4. The molecule has 0 bridgehead atoms. The molecule has 0 aliphatic carbocycles. The van der Waals surface area contributed by atoms with Gasteiger partial charge in [-0.1, -0.05) is 25.5 Å². The highest BCUT2D eigenvalue weighted by Crippen LogP contribution is 2.13. The highest BCUT2D eigenvalue weighted by molar-refractivity contribution is 5.72. The third kappa shape index (κ3) is 3.73. The van der Waals surface area contributed by atoms with Crippen molar-refractivity contribution in [1.82, 2.24) is 9.88 Å². The number of rotatable bonds is 8. The number of para-hydroxylation sites is 2. The largest absolute Gasteiger partial charge is 0.419 e. The number of unbranched alkanes of at least 4 members (excludes halogenated alkanes) is 1. The molecule has 0 amide bonds. The molecule has 4 heteroatoms. The highest BCUT2D eigenvalue weighted by Gasteiger charge is 2.08. The second kappa shape index (κ2) is 7.29. The molecular weight excluding hydrogens is 252 g/mol. The van der Waals surface area contributed by atoms with Crippen LogP contribution < -0.4 is 11.1 Å². The number of aryl methyl sites for hydroxylation is 1. The molecule has 0 radical (unpaired) electrons. The molecule has 2 rings (SSSR count). The molecule has 4 nitrogen and oxygen atoms in total. The highest BCUT2D eigenvalue weighted by atomic mass is 16.4. The van der Waals surface area contributed by atoms with Crippen LogP contribution in [0, 0.1) is 0 Å². The van der Waals surface area contributed by atoms with Gasteiger partial charge in [0.25, 0.3) is 0 Å². The maximum absolute atomic E-state index is 11.8. The van der Waals surface area contributed by atoms with E-state index < -0.39 is 0 Å².